The van der Waals surface area contributed by atoms with E-state index in [0.29, 0.717) is 6.54 Å². The Morgan fingerprint density at radius 3 is 2.71 bits per heavy atom. The van der Waals surface area contributed by atoms with Gasteiger partial charge >= 0.3 is 0 Å². The Morgan fingerprint density at radius 1 is 1.50 bits per heavy atom. The van der Waals surface area contributed by atoms with Gasteiger partial charge in [-0.2, -0.15) is 0 Å². The molecule has 0 radical (unpaired) electrons. The van der Waals surface area contributed by atoms with Gasteiger partial charge in [-0.05, 0) is 31.9 Å². The summed E-state index contributed by atoms with van der Waals surface area (Å²) in [6, 6.07) is 3.95. The number of ether oxygens (including phenoxy) is 1. The quantitative estimate of drug-likeness (QED) is 0.787. The number of nitrogens with two attached hydrogens (primary N) is 1. The van der Waals surface area contributed by atoms with E-state index in [1.54, 1.807) is 7.11 Å². The molecule has 2 rings (SSSR count). The third-order valence-electron chi connectivity index (χ3n) is 2.96. The molecule has 0 atom stereocenters. The van der Waals surface area contributed by atoms with E-state index in [9.17, 15) is 0 Å². The molecule has 0 aliphatic heterocycles. The summed E-state index contributed by atoms with van der Waals surface area (Å²) in [5.41, 5.74) is 7.96. The number of aryl methyl sites for hydroxylation is 1. The molecule has 1 saturated carbocycles. The SMILES string of the molecule is COc1ccc(C)nc1C1(CN)CC1. The van der Waals surface area contributed by atoms with Gasteiger partial charge in [0.05, 0.1) is 12.8 Å². The molecular formula is C11H16N2O. The molecule has 2 N–H and O–H groups in total. The smallest absolute Gasteiger partial charge is 0.140 e. The molecule has 3 heteroatoms. The molecule has 1 aliphatic rings. The van der Waals surface area contributed by atoms with Crippen molar-refractivity contribution < 1.29 is 4.74 Å². The lowest BCUT2D eigenvalue weighted by molar-refractivity contribution is 0.399. The molecule has 1 fully saturated rings. The summed E-state index contributed by atoms with van der Waals surface area (Å²) < 4.78 is 5.31. The first-order valence-corrected chi connectivity index (χ1v) is 4.94. The summed E-state index contributed by atoms with van der Waals surface area (Å²) in [5.74, 6) is 0.874. The largest absolute Gasteiger partial charge is 0.495 e. The normalized spacial score (nSPS) is 17.9. The average molecular weight is 192 g/mol. The highest BCUT2D eigenvalue weighted by Gasteiger charge is 2.46. The number of aromatic nitrogens is 1. The highest BCUT2D eigenvalue weighted by Crippen LogP contribution is 2.49. The minimum atomic E-state index is 0.108. The fourth-order valence-electron chi connectivity index (χ4n) is 1.78. The van der Waals surface area contributed by atoms with Gasteiger partial charge in [0.25, 0.3) is 0 Å². The Morgan fingerprint density at radius 2 is 2.21 bits per heavy atom. The van der Waals surface area contributed by atoms with Crippen LogP contribution in [0.25, 0.3) is 0 Å². The second-order valence-corrected chi connectivity index (χ2v) is 3.99. The van der Waals surface area contributed by atoms with Crippen molar-refractivity contribution in [1.82, 2.24) is 4.98 Å². The molecule has 1 aromatic rings. The average Bonchev–Trinajstić information content (AvgIpc) is 2.98. The molecule has 0 amide bonds. The van der Waals surface area contributed by atoms with Crippen molar-refractivity contribution in [3.8, 4) is 5.75 Å². The Balaban J connectivity index is 2.44. The first kappa shape index (κ1) is 9.46. The van der Waals surface area contributed by atoms with Gasteiger partial charge in [0.1, 0.15) is 5.75 Å². The van der Waals surface area contributed by atoms with E-state index in [0.717, 1.165) is 30.0 Å². The van der Waals surface area contributed by atoms with Crippen LogP contribution in [-0.4, -0.2) is 18.6 Å². The first-order valence-electron chi connectivity index (χ1n) is 4.94. The van der Waals surface area contributed by atoms with Crippen LogP contribution in [0, 0.1) is 6.92 Å². The maximum Gasteiger partial charge on any atom is 0.140 e. The van der Waals surface area contributed by atoms with Crippen LogP contribution < -0.4 is 10.5 Å². The summed E-state index contributed by atoms with van der Waals surface area (Å²) in [6.07, 6.45) is 2.27. The predicted molar refractivity (Wildman–Crippen MR) is 55.5 cm³/mol. The molecule has 1 aliphatic carbocycles. The van der Waals surface area contributed by atoms with Crippen molar-refractivity contribution in [3.05, 3.63) is 23.5 Å². The zero-order valence-electron chi connectivity index (χ0n) is 8.71. The maximum atomic E-state index is 5.78. The van der Waals surface area contributed by atoms with E-state index < -0.39 is 0 Å². The van der Waals surface area contributed by atoms with E-state index in [4.69, 9.17) is 10.5 Å². The lowest BCUT2D eigenvalue weighted by Crippen LogP contribution is -2.22. The Bertz CT molecular complexity index is 345. The monoisotopic (exact) mass is 192 g/mol. The highest BCUT2D eigenvalue weighted by atomic mass is 16.5. The van der Waals surface area contributed by atoms with Crippen LogP contribution in [0.15, 0.2) is 12.1 Å². The van der Waals surface area contributed by atoms with Crippen LogP contribution in [0.4, 0.5) is 0 Å². The highest BCUT2D eigenvalue weighted by molar-refractivity contribution is 5.39. The standard InChI is InChI=1S/C11H16N2O/c1-8-3-4-9(14-2)10(13-8)11(7-12)5-6-11/h3-4H,5-7,12H2,1-2H3. The number of rotatable bonds is 3. The first-order chi connectivity index (χ1) is 6.72. The van der Waals surface area contributed by atoms with Crippen LogP contribution in [0.2, 0.25) is 0 Å². The second-order valence-electron chi connectivity index (χ2n) is 3.99. The van der Waals surface area contributed by atoms with Crippen molar-refractivity contribution in [2.45, 2.75) is 25.2 Å². The number of hydrogen-bond donors (Lipinski definition) is 1. The number of nitrogens with zero attached hydrogens (tertiary/aromatic N) is 1. The Kier molecular flexibility index (Phi) is 2.19. The molecule has 0 spiro atoms. The van der Waals surface area contributed by atoms with Crippen molar-refractivity contribution >= 4 is 0 Å². The molecule has 3 nitrogen and oxygen atoms in total. The summed E-state index contributed by atoms with van der Waals surface area (Å²) >= 11 is 0. The van der Waals surface area contributed by atoms with Gasteiger partial charge in [0.15, 0.2) is 0 Å². The van der Waals surface area contributed by atoms with Crippen molar-refractivity contribution in [2.75, 3.05) is 13.7 Å². The van der Waals surface area contributed by atoms with E-state index >= 15 is 0 Å². The van der Waals surface area contributed by atoms with E-state index in [1.807, 2.05) is 19.1 Å². The Hall–Kier alpha value is -1.09. The minimum absolute atomic E-state index is 0.108. The molecule has 0 unspecified atom stereocenters. The zero-order chi connectivity index (χ0) is 10.2. The third-order valence-corrected chi connectivity index (χ3v) is 2.96. The van der Waals surface area contributed by atoms with Crippen LogP contribution in [0.3, 0.4) is 0 Å². The van der Waals surface area contributed by atoms with Gasteiger partial charge in [-0.15, -0.1) is 0 Å². The van der Waals surface area contributed by atoms with Crippen molar-refractivity contribution in [2.24, 2.45) is 5.73 Å². The fraction of sp³-hybridized carbons (Fsp3) is 0.545. The van der Waals surface area contributed by atoms with Gasteiger partial charge in [0, 0.05) is 17.7 Å². The molecule has 0 bridgehead atoms. The molecular weight excluding hydrogens is 176 g/mol. The van der Waals surface area contributed by atoms with Crippen LogP contribution in [0.1, 0.15) is 24.2 Å². The van der Waals surface area contributed by atoms with Gasteiger partial charge in [-0.1, -0.05) is 0 Å². The van der Waals surface area contributed by atoms with Crippen LogP contribution >= 0.6 is 0 Å². The van der Waals surface area contributed by atoms with Crippen LogP contribution in [0.5, 0.6) is 5.75 Å². The van der Waals surface area contributed by atoms with E-state index in [2.05, 4.69) is 4.98 Å². The summed E-state index contributed by atoms with van der Waals surface area (Å²) in [6.45, 7) is 2.66. The zero-order valence-corrected chi connectivity index (χ0v) is 8.71. The summed E-state index contributed by atoms with van der Waals surface area (Å²) in [4.78, 5) is 4.54. The molecule has 76 valence electrons. The lowest BCUT2D eigenvalue weighted by atomic mass is 10.0. The van der Waals surface area contributed by atoms with Gasteiger partial charge in [0.2, 0.25) is 0 Å². The third kappa shape index (κ3) is 1.38. The van der Waals surface area contributed by atoms with E-state index in [-0.39, 0.29) is 5.41 Å². The molecule has 14 heavy (non-hydrogen) atoms. The second kappa shape index (κ2) is 3.24. The molecule has 1 aromatic heterocycles. The van der Waals surface area contributed by atoms with Crippen LogP contribution in [-0.2, 0) is 5.41 Å². The molecule has 0 saturated heterocycles. The lowest BCUT2D eigenvalue weighted by Gasteiger charge is -2.15. The number of methoxy groups -OCH3 is 1. The number of hydrogen-bond acceptors (Lipinski definition) is 3. The topological polar surface area (TPSA) is 48.1 Å². The van der Waals surface area contributed by atoms with Gasteiger partial charge in [-0.3, -0.25) is 4.98 Å². The van der Waals surface area contributed by atoms with Crippen molar-refractivity contribution in [1.29, 1.82) is 0 Å². The summed E-state index contributed by atoms with van der Waals surface area (Å²) in [7, 11) is 1.68. The fourth-order valence-corrected chi connectivity index (χ4v) is 1.78. The van der Waals surface area contributed by atoms with E-state index in [1.165, 1.54) is 0 Å². The van der Waals surface area contributed by atoms with Gasteiger partial charge < -0.3 is 10.5 Å². The maximum absolute atomic E-state index is 5.78. The van der Waals surface area contributed by atoms with Crippen molar-refractivity contribution in [3.63, 3.8) is 0 Å². The van der Waals surface area contributed by atoms with Gasteiger partial charge in [-0.25, -0.2) is 0 Å². The minimum Gasteiger partial charge on any atom is -0.495 e. The summed E-state index contributed by atoms with van der Waals surface area (Å²) in [5, 5.41) is 0. The molecule has 1 heterocycles. The Labute approximate surface area is 84.3 Å². The predicted octanol–water partition coefficient (Wildman–Crippen LogP) is 1.39. The molecule has 0 aromatic carbocycles. The number of pyridine rings is 1.